The second-order valence-electron chi connectivity index (χ2n) is 7.29. The third-order valence-electron chi connectivity index (χ3n) is 5.27. The quantitative estimate of drug-likeness (QED) is 0.543. The molecule has 8 nitrogen and oxygen atoms in total. The van der Waals surface area contributed by atoms with E-state index in [0.29, 0.717) is 41.7 Å². The number of fused-ring (bicyclic) bond motifs is 1. The number of anilines is 1. The van der Waals surface area contributed by atoms with Crippen LogP contribution in [0.5, 0.6) is 0 Å². The Labute approximate surface area is 196 Å². The number of nitriles is 1. The minimum Gasteiger partial charge on any atom is -0.370 e. The average molecular weight is 541 g/mol. The summed E-state index contributed by atoms with van der Waals surface area (Å²) in [6, 6.07) is 9.24. The van der Waals surface area contributed by atoms with Crippen LogP contribution in [0.25, 0.3) is 5.65 Å². The summed E-state index contributed by atoms with van der Waals surface area (Å²) in [7, 11) is -4.27. The number of halogens is 3. The van der Waals surface area contributed by atoms with E-state index in [2.05, 4.69) is 25.6 Å². The van der Waals surface area contributed by atoms with Crippen LogP contribution in [0.4, 0.5) is 10.1 Å². The fraction of sp³-hybridized carbons (Fsp3) is 0.250. The highest BCUT2D eigenvalue weighted by molar-refractivity contribution is 9.10. The molecule has 1 fully saturated rings. The lowest BCUT2D eigenvalue weighted by molar-refractivity contribution is -0.123. The Hall–Kier alpha value is -2.68. The van der Waals surface area contributed by atoms with Crippen LogP contribution < -0.4 is 9.62 Å². The SMILES string of the molecule is N#Cc1cc(F)ccc1N1CCC(C(=O)NS(=O)(=O)c2c(Cl)nc3ccc(Br)cn23)CC1. The Morgan fingerprint density at radius 3 is 2.69 bits per heavy atom. The summed E-state index contributed by atoms with van der Waals surface area (Å²) in [5.41, 5.74) is 1.12. The van der Waals surface area contributed by atoms with Gasteiger partial charge in [-0.15, -0.1) is 0 Å². The van der Waals surface area contributed by atoms with Crippen molar-refractivity contribution in [2.45, 2.75) is 17.9 Å². The fourth-order valence-electron chi connectivity index (χ4n) is 3.73. The molecule has 1 aliphatic heterocycles. The molecule has 0 radical (unpaired) electrons. The van der Waals surface area contributed by atoms with Crippen LogP contribution in [0.1, 0.15) is 18.4 Å². The monoisotopic (exact) mass is 539 g/mol. The molecule has 2 aromatic heterocycles. The molecule has 0 bridgehead atoms. The molecular weight excluding hydrogens is 525 g/mol. The predicted octanol–water partition coefficient (Wildman–Crippen LogP) is 3.48. The highest BCUT2D eigenvalue weighted by Gasteiger charge is 2.32. The van der Waals surface area contributed by atoms with Crippen LogP contribution in [0.3, 0.4) is 0 Å². The highest BCUT2D eigenvalue weighted by atomic mass is 79.9. The van der Waals surface area contributed by atoms with E-state index in [4.69, 9.17) is 11.6 Å². The van der Waals surface area contributed by atoms with Gasteiger partial charge in [0.25, 0.3) is 10.0 Å². The number of piperidine rings is 1. The normalized spacial score (nSPS) is 15.0. The van der Waals surface area contributed by atoms with Crippen molar-refractivity contribution in [2.24, 2.45) is 5.92 Å². The zero-order valence-corrected chi connectivity index (χ0v) is 19.6. The molecule has 32 heavy (non-hydrogen) atoms. The summed E-state index contributed by atoms with van der Waals surface area (Å²) in [5.74, 6) is -1.68. The molecule has 0 aliphatic carbocycles. The van der Waals surface area contributed by atoms with Crippen molar-refractivity contribution in [2.75, 3.05) is 18.0 Å². The Balaban J connectivity index is 1.48. The van der Waals surface area contributed by atoms with Crippen LogP contribution in [-0.2, 0) is 14.8 Å². The van der Waals surface area contributed by atoms with Gasteiger partial charge < -0.3 is 4.90 Å². The molecule has 0 spiro atoms. The van der Waals surface area contributed by atoms with Gasteiger partial charge in [-0.2, -0.15) is 13.7 Å². The van der Waals surface area contributed by atoms with Crippen LogP contribution >= 0.6 is 27.5 Å². The minimum atomic E-state index is -4.27. The number of benzene rings is 1. The van der Waals surface area contributed by atoms with Crippen molar-refractivity contribution < 1.29 is 17.6 Å². The van der Waals surface area contributed by atoms with Gasteiger partial charge in [-0.3, -0.25) is 9.20 Å². The topological polar surface area (TPSA) is 108 Å². The molecule has 4 rings (SSSR count). The van der Waals surface area contributed by atoms with E-state index in [1.165, 1.54) is 28.8 Å². The molecular formula is C20H16BrClFN5O3S. The number of sulfonamides is 1. The number of amides is 1. The van der Waals surface area contributed by atoms with Crippen molar-refractivity contribution in [3.63, 3.8) is 0 Å². The first-order valence-electron chi connectivity index (χ1n) is 9.54. The van der Waals surface area contributed by atoms with Crippen molar-refractivity contribution in [3.8, 4) is 6.07 Å². The first kappa shape index (κ1) is 22.5. The van der Waals surface area contributed by atoms with Crippen molar-refractivity contribution >= 4 is 54.8 Å². The van der Waals surface area contributed by atoms with Crippen molar-refractivity contribution in [3.05, 3.63) is 57.5 Å². The molecule has 0 atom stereocenters. The third kappa shape index (κ3) is 4.30. The molecule has 0 saturated carbocycles. The van der Waals surface area contributed by atoms with Crippen LogP contribution in [0.2, 0.25) is 5.15 Å². The van der Waals surface area contributed by atoms with Gasteiger partial charge in [0.2, 0.25) is 5.91 Å². The average Bonchev–Trinajstić information content (AvgIpc) is 3.09. The maximum atomic E-state index is 13.4. The summed E-state index contributed by atoms with van der Waals surface area (Å²) in [6.45, 7) is 0.837. The summed E-state index contributed by atoms with van der Waals surface area (Å²) in [4.78, 5) is 18.6. The molecule has 0 unspecified atom stereocenters. The number of pyridine rings is 1. The summed E-state index contributed by atoms with van der Waals surface area (Å²) >= 11 is 9.34. The van der Waals surface area contributed by atoms with Crippen LogP contribution in [-0.4, -0.2) is 36.8 Å². The number of rotatable bonds is 4. The second kappa shape index (κ2) is 8.69. The van der Waals surface area contributed by atoms with E-state index in [-0.39, 0.29) is 15.7 Å². The maximum Gasteiger partial charge on any atom is 0.283 e. The van der Waals surface area contributed by atoms with Crippen LogP contribution in [0.15, 0.2) is 46.0 Å². The molecule has 1 amide bonds. The maximum absolute atomic E-state index is 13.4. The van der Waals surface area contributed by atoms with E-state index in [1.54, 1.807) is 12.1 Å². The zero-order valence-electron chi connectivity index (χ0n) is 16.4. The number of aromatic nitrogens is 2. The lowest BCUT2D eigenvalue weighted by Crippen LogP contribution is -2.42. The molecule has 12 heteroatoms. The smallest absolute Gasteiger partial charge is 0.283 e. The van der Waals surface area contributed by atoms with E-state index < -0.39 is 27.7 Å². The van der Waals surface area contributed by atoms with Gasteiger partial charge in [0.05, 0.1) is 11.3 Å². The van der Waals surface area contributed by atoms with E-state index in [0.717, 1.165) is 0 Å². The van der Waals surface area contributed by atoms with E-state index in [1.807, 2.05) is 11.0 Å². The molecule has 1 N–H and O–H groups in total. The van der Waals surface area contributed by atoms with Gasteiger partial charge in [-0.25, -0.2) is 14.1 Å². The highest BCUT2D eigenvalue weighted by Crippen LogP contribution is 2.28. The Kier molecular flexibility index (Phi) is 6.11. The standard InChI is InChI=1S/C20H16BrClFN5O3S/c21-14-1-4-17-25-18(22)20(28(17)11-14)32(30,31)26-19(29)12-5-7-27(8-6-12)16-3-2-15(23)9-13(16)10-24/h1-4,9,11-12H,5-8H2,(H,26,29). The Morgan fingerprint density at radius 2 is 2.00 bits per heavy atom. The lowest BCUT2D eigenvalue weighted by Gasteiger charge is -2.33. The number of carbonyl (C=O) groups is 1. The number of nitrogens with zero attached hydrogens (tertiary/aromatic N) is 4. The first-order valence-corrected chi connectivity index (χ1v) is 12.2. The molecule has 1 saturated heterocycles. The number of nitrogens with one attached hydrogen (secondary N) is 1. The molecule has 3 aromatic rings. The number of carbonyl (C=O) groups excluding carboxylic acids is 1. The van der Waals surface area contributed by atoms with Gasteiger partial charge in [0, 0.05) is 29.7 Å². The predicted molar refractivity (Wildman–Crippen MR) is 119 cm³/mol. The van der Waals surface area contributed by atoms with Gasteiger partial charge in [0.1, 0.15) is 17.5 Å². The number of imidazole rings is 1. The summed E-state index contributed by atoms with van der Waals surface area (Å²) in [5, 5.41) is 8.70. The van der Waals surface area contributed by atoms with Crippen molar-refractivity contribution in [1.82, 2.24) is 14.1 Å². The van der Waals surface area contributed by atoms with Gasteiger partial charge in [0.15, 0.2) is 10.2 Å². The van der Waals surface area contributed by atoms with Crippen molar-refractivity contribution in [1.29, 1.82) is 5.26 Å². The molecule has 1 aliphatic rings. The van der Waals surface area contributed by atoms with E-state index in [9.17, 15) is 22.9 Å². The minimum absolute atomic E-state index is 0.212. The Bertz CT molecular complexity index is 1360. The van der Waals surface area contributed by atoms with Gasteiger partial charge in [-0.1, -0.05) is 11.6 Å². The molecule has 3 heterocycles. The first-order chi connectivity index (χ1) is 15.2. The van der Waals surface area contributed by atoms with Gasteiger partial charge in [-0.05, 0) is 59.1 Å². The second-order valence-corrected chi connectivity index (χ2v) is 10.2. The largest absolute Gasteiger partial charge is 0.370 e. The summed E-state index contributed by atoms with van der Waals surface area (Å²) in [6.07, 6.45) is 2.24. The summed E-state index contributed by atoms with van der Waals surface area (Å²) < 4.78 is 43.3. The van der Waals surface area contributed by atoms with E-state index >= 15 is 0 Å². The lowest BCUT2D eigenvalue weighted by atomic mass is 9.95. The molecule has 166 valence electrons. The molecule has 1 aromatic carbocycles. The third-order valence-corrected chi connectivity index (χ3v) is 7.49. The zero-order chi connectivity index (χ0) is 23.0. The van der Waals surface area contributed by atoms with Crippen LogP contribution in [0, 0.1) is 23.1 Å². The Morgan fingerprint density at radius 1 is 1.28 bits per heavy atom. The van der Waals surface area contributed by atoms with Gasteiger partial charge >= 0.3 is 0 Å². The fourth-order valence-corrected chi connectivity index (χ4v) is 5.75. The number of hydrogen-bond donors (Lipinski definition) is 1. The number of hydrogen-bond acceptors (Lipinski definition) is 6.